The molecule has 4 heteroatoms. The van der Waals surface area contributed by atoms with Gasteiger partial charge in [-0.15, -0.1) is 0 Å². The van der Waals surface area contributed by atoms with Gasteiger partial charge in [-0.1, -0.05) is 40.0 Å². The topological polar surface area (TPSA) is 54.4 Å². The Bertz CT molecular complexity index is 232. The first-order valence-electron chi connectivity index (χ1n) is 5.34. The zero-order valence-corrected chi connectivity index (χ0v) is 10.2. The van der Waals surface area contributed by atoms with Gasteiger partial charge in [0, 0.05) is 0 Å². The summed E-state index contributed by atoms with van der Waals surface area (Å²) >= 11 is 0. The van der Waals surface area contributed by atoms with Gasteiger partial charge in [0.05, 0.1) is 5.75 Å². The molecule has 0 aliphatic rings. The first kappa shape index (κ1) is 13.9. The van der Waals surface area contributed by atoms with Crippen molar-refractivity contribution in [2.45, 2.75) is 52.9 Å². The fraction of sp³-hybridized carbons (Fsp3) is 1.00. The summed E-state index contributed by atoms with van der Waals surface area (Å²) < 4.78 is 29.7. The monoisotopic (exact) mass is 222 g/mol. The maximum atomic E-state index is 10.5. The molecular formula is C10H22O3S. The van der Waals surface area contributed by atoms with Crippen molar-refractivity contribution in [3.05, 3.63) is 0 Å². The molecule has 0 atom stereocenters. The Morgan fingerprint density at radius 2 is 1.50 bits per heavy atom. The first-order chi connectivity index (χ1) is 6.39. The summed E-state index contributed by atoms with van der Waals surface area (Å²) in [6, 6.07) is 0. The molecular weight excluding hydrogens is 200 g/mol. The Morgan fingerprint density at radius 3 is 1.79 bits per heavy atom. The van der Waals surface area contributed by atoms with Gasteiger partial charge in [-0.3, -0.25) is 4.55 Å². The zero-order chi connectivity index (χ0) is 11.2. The summed E-state index contributed by atoms with van der Waals surface area (Å²) in [5.41, 5.74) is 0.269. The molecule has 0 saturated heterocycles. The second-order valence-electron chi connectivity index (χ2n) is 3.95. The molecule has 0 aromatic carbocycles. The lowest BCUT2D eigenvalue weighted by Crippen LogP contribution is -2.19. The van der Waals surface area contributed by atoms with Gasteiger partial charge < -0.3 is 0 Å². The van der Waals surface area contributed by atoms with Gasteiger partial charge in [0.1, 0.15) is 0 Å². The van der Waals surface area contributed by atoms with Crippen molar-refractivity contribution in [1.29, 1.82) is 0 Å². The summed E-state index contributed by atoms with van der Waals surface area (Å²) in [5.74, 6) is -0.102. The smallest absolute Gasteiger partial charge is 0.264 e. The molecule has 1 N–H and O–H groups in total. The molecule has 0 aromatic heterocycles. The van der Waals surface area contributed by atoms with Gasteiger partial charge in [0.2, 0.25) is 0 Å². The van der Waals surface area contributed by atoms with E-state index in [2.05, 4.69) is 20.8 Å². The maximum absolute atomic E-state index is 10.5. The second kappa shape index (κ2) is 5.71. The molecule has 0 fully saturated rings. The summed E-state index contributed by atoms with van der Waals surface area (Å²) in [5, 5.41) is 0. The lowest BCUT2D eigenvalue weighted by Gasteiger charge is -2.30. The Morgan fingerprint density at radius 1 is 1.07 bits per heavy atom. The molecule has 86 valence electrons. The van der Waals surface area contributed by atoms with E-state index in [-0.39, 0.29) is 11.2 Å². The predicted molar refractivity (Wildman–Crippen MR) is 59.0 cm³/mol. The van der Waals surface area contributed by atoms with Gasteiger partial charge in [0.25, 0.3) is 10.1 Å². The van der Waals surface area contributed by atoms with E-state index in [1.165, 1.54) is 0 Å². The molecule has 0 heterocycles. The summed E-state index contributed by atoms with van der Waals surface area (Å²) in [6.07, 6.45) is 4.67. The van der Waals surface area contributed by atoms with Crippen LogP contribution in [0.3, 0.4) is 0 Å². The minimum Gasteiger partial charge on any atom is -0.286 e. The van der Waals surface area contributed by atoms with Crippen LogP contribution >= 0.6 is 0 Å². The maximum Gasteiger partial charge on any atom is 0.264 e. The average molecular weight is 222 g/mol. The SMILES string of the molecule is CCC(CC)(CC)CCCS(=O)(=O)O. The third-order valence-corrected chi connectivity index (χ3v) is 4.16. The second-order valence-corrected chi connectivity index (χ2v) is 5.52. The standard InChI is InChI=1S/C10H22O3S/c1-4-10(5-2,6-3)8-7-9-14(11,12)13/h4-9H2,1-3H3,(H,11,12,13). The summed E-state index contributed by atoms with van der Waals surface area (Å²) in [7, 11) is -3.77. The molecule has 0 aliphatic carbocycles. The highest BCUT2D eigenvalue weighted by atomic mass is 32.2. The van der Waals surface area contributed by atoms with E-state index in [1.54, 1.807) is 0 Å². The van der Waals surface area contributed by atoms with Crippen LogP contribution in [0.4, 0.5) is 0 Å². The van der Waals surface area contributed by atoms with E-state index >= 15 is 0 Å². The average Bonchev–Trinajstić information content (AvgIpc) is 2.11. The largest absolute Gasteiger partial charge is 0.286 e. The highest BCUT2D eigenvalue weighted by Gasteiger charge is 2.23. The van der Waals surface area contributed by atoms with E-state index in [0.717, 1.165) is 25.7 Å². The molecule has 0 amide bonds. The van der Waals surface area contributed by atoms with Crippen molar-refractivity contribution < 1.29 is 13.0 Å². The molecule has 0 aliphatic heterocycles. The van der Waals surface area contributed by atoms with Crippen molar-refractivity contribution in [3.63, 3.8) is 0 Å². The summed E-state index contributed by atoms with van der Waals surface area (Å²) in [6.45, 7) is 6.42. The predicted octanol–water partition coefficient (Wildman–Crippen LogP) is 2.87. The molecule has 0 radical (unpaired) electrons. The number of rotatable bonds is 7. The lowest BCUT2D eigenvalue weighted by atomic mass is 9.76. The van der Waals surface area contributed by atoms with E-state index in [1.807, 2.05) is 0 Å². The van der Waals surface area contributed by atoms with Crippen LogP contribution in [0.15, 0.2) is 0 Å². The van der Waals surface area contributed by atoms with Crippen LogP contribution in [-0.2, 0) is 10.1 Å². The van der Waals surface area contributed by atoms with Crippen LogP contribution in [0.5, 0.6) is 0 Å². The number of hydrogen-bond acceptors (Lipinski definition) is 2. The molecule has 3 nitrogen and oxygen atoms in total. The fourth-order valence-electron chi connectivity index (χ4n) is 1.91. The molecule has 0 rings (SSSR count). The molecule has 0 spiro atoms. The Kier molecular flexibility index (Phi) is 5.67. The molecule has 0 aromatic rings. The minimum atomic E-state index is -3.77. The van der Waals surface area contributed by atoms with Crippen molar-refractivity contribution >= 4 is 10.1 Å². The third-order valence-electron chi connectivity index (χ3n) is 3.36. The first-order valence-corrected chi connectivity index (χ1v) is 6.95. The van der Waals surface area contributed by atoms with Crippen molar-refractivity contribution in [3.8, 4) is 0 Å². The van der Waals surface area contributed by atoms with Gasteiger partial charge in [0.15, 0.2) is 0 Å². The fourth-order valence-corrected chi connectivity index (χ4v) is 2.42. The van der Waals surface area contributed by atoms with Crippen LogP contribution < -0.4 is 0 Å². The highest BCUT2D eigenvalue weighted by molar-refractivity contribution is 7.85. The van der Waals surface area contributed by atoms with Gasteiger partial charge in [-0.2, -0.15) is 8.42 Å². The van der Waals surface area contributed by atoms with Crippen molar-refractivity contribution in [1.82, 2.24) is 0 Å². The quantitative estimate of drug-likeness (QED) is 0.674. The van der Waals surface area contributed by atoms with E-state index < -0.39 is 10.1 Å². The van der Waals surface area contributed by atoms with Crippen LogP contribution in [0.2, 0.25) is 0 Å². The van der Waals surface area contributed by atoms with Gasteiger partial charge in [-0.25, -0.2) is 0 Å². The molecule has 0 bridgehead atoms. The van der Waals surface area contributed by atoms with Gasteiger partial charge in [-0.05, 0) is 18.3 Å². The Hall–Kier alpha value is -0.0900. The highest BCUT2D eigenvalue weighted by Crippen LogP contribution is 2.35. The van der Waals surface area contributed by atoms with Gasteiger partial charge >= 0.3 is 0 Å². The van der Waals surface area contributed by atoms with Crippen LogP contribution in [0.25, 0.3) is 0 Å². The molecule has 14 heavy (non-hydrogen) atoms. The van der Waals surface area contributed by atoms with Crippen molar-refractivity contribution in [2.24, 2.45) is 5.41 Å². The van der Waals surface area contributed by atoms with Crippen LogP contribution in [0.1, 0.15) is 52.9 Å². The zero-order valence-electron chi connectivity index (χ0n) is 9.41. The van der Waals surface area contributed by atoms with Crippen LogP contribution in [0, 0.1) is 5.41 Å². The molecule has 0 unspecified atom stereocenters. The number of hydrogen-bond donors (Lipinski definition) is 1. The normalized spacial score (nSPS) is 13.1. The lowest BCUT2D eigenvalue weighted by molar-refractivity contribution is 0.226. The third kappa shape index (κ3) is 4.96. The van der Waals surface area contributed by atoms with Crippen LogP contribution in [-0.4, -0.2) is 18.7 Å². The Labute approximate surface area is 87.7 Å². The summed E-state index contributed by atoms with van der Waals surface area (Å²) in [4.78, 5) is 0. The van der Waals surface area contributed by atoms with E-state index in [4.69, 9.17) is 4.55 Å². The Balaban J connectivity index is 4.08. The van der Waals surface area contributed by atoms with Crippen molar-refractivity contribution in [2.75, 3.05) is 5.75 Å². The van der Waals surface area contributed by atoms with E-state index in [9.17, 15) is 8.42 Å². The molecule has 0 saturated carbocycles. The van der Waals surface area contributed by atoms with E-state index in [0.29, 0.717) is 6.42 Å². The minimum absolute atomic E-state index is 0.102.